The van der Waals surface area contributed by atoms with Crippen LogP contribution in [0.4, 0.5) is 18.9 Å². The van der Waals surface area contributed by atoms with E-state index in [2.05, 4.69) is 5.10 Å². The molecule has 9 heteroatoms. The molecule has 24 heavy (non-hydrogen) atoms. The van der Waals surface area contributed by atoms with Crippen molar-refractivity contribution in [2.24, 2.45) is 0 Å². The molecule has 1 aromatic heterocycles. The molecule has 0 aliphatic carbocycles. The fraction of sp³-hybridized carbons (Fsp3) is 0.267. The molecule has 126 valence electrons. The molecule has 2 aromatic rings. The summed E-state index contributed by atoms with van der Waals surface area (Å²) in [6, 6.07) is 6.15. The summed E-state index contributed by atoms with van der Waals surface area (Å²) in [6.07, 6.45) is -3.50. The summed E-state index contributed by atoms with van der Waals surface area (Å²) in [4.78, 5) is 13.7. The number of hydrogen-bond donors (Lipinski definition) is 0. The molecule has 0 saturated carbocycles. The molecule has 0 N–H and O–H groups in total. The van der Waals surface area contributed by atoms with Gasteiger partial charge in [0.25, 0.3) is 5.91 Å². The topological polar surface area (TPSA) is 61.9 Å². The lowest BCUT2D eigenvalue weighted by Crippen LogP contribution is -2.34. The van der Waals surface area contributed by atoms with Crippen LogP contribution < -0.4 is 4.90 Å². The van der Waals surface area contributed by atoms with Crippen LogP contribution in [0.5, 0.6) is 0 Å². The van der Waals surface area contributed by atoms with E-state index in [0.29, 0.717) is 5.02 Å². The van der Waals surface area contributed by atoms with Gasteiger partial charge in [0.1, 0.15) is 12.1 Å². The molecule has 1 amide bonds. The van der Waals surface area contributed by atoms with E-state index < -0.39 is 23.8 Å². The summed E-state index contributed by atoms with van der Waals surface area (Å²) in [5, 5.41) is 12.8. The van der Waals surface area contributed by atoms with Gasteiger partial charge in [-0.1, -0.05) is 11.6 Å². The van der Waals surface area contributed by atoms with E-state index in [1.807, 2.05) is 6.07 Å². The van der Waals surface area contributed by atoms with Crippen molar-refractivity contribution in [3.63, 3.8) is 0 Å². The highest BCUT2D eigenvalue weighted by Gasteiger charge is 2.34. The van der Waals surface area contributed by atoms with E-state index in [4.69, 9.17) is 16.9 Å². The summed E-state index contributed by atoms with van der Waals surface area (Å²) in [5.41, 5.74) is -0.589. The number of aromatic nitrogens is 2. The lowest BCUT2D eigenvalue weighted by atomic mass is 10.1. The Morgan fingerprint density at radius 2 is 2.08 bits per heavy atom. The summed E-state index contributed by atoms with van der Waals surface area (Å²) in [6.45, 7) is 1.42. The molecule has 0 saturated heterocycles. The van der Waals surface area contributed by atoms with Gasteiger partial charge < -0.3 is 4.90 Å². The standard InChI is InChI=1S/C15H12ClF3N4O/c1-9(23-6-5-13(21-23)15(17,18)19)14(24)22(2)12-7-11(16)4-3-10(12)8-20/h3-7,9H,1-2H3. The van der Waals surface area contributed by atoms with Crippen molar-refractivity contribution in [2.45, 2.75) is 19.1 Å². The minimum absolute atomic E-state index is 0.221. The van der Waals surface area contributed by atoms with Crippen LogP contribution in [-0.4, -0.2) is 22.7 Å². The number of carbonyl (C=O) groups excluding carboxylic acids is 1. The Labute approximate surface area is 140 Å². The third kappa shape index (κ3) is 3.51. The normalized spacial score (nSPS) is 12.5. The number of anilines is 1. The van der Waals surface area contributed by atoms with Crippen LogP contribution in [0, 0.1) is 11.3 Å². The van der Waals surface area contributed by atoms with Crippen molar-refractivity contribution in [1.29, 1.82) is 5.26 Å². The van der Waals surface area contributed by atoms with Crippen molar-refractivity contribution in [2.75, 3.05) is 11.9 Å². The Bertz CT molecular complexity index is 810. The molecule has 0 aliphatic rings. The molecule has 0 radical (unpaired) electrons. The van der Waals surface area contributed by atoms with Crippen molar-refractivity contribution < 1.29 is 18.0 Å². The molecule has 1 heterocycles. The van der Waals surface area contributed by atoms with Crippen molar-refractivity contribution in [3.8, 4) is 6.07 Å². The van der Waals surface area contributed by atoms with Gasteiger partial charge in [-0.05, 0) is 31.2 Å². The molecule has 1 unspecified atom stereocenters. The Balaban J connectivity index is 2.30. The number of nitriles is 1. The van der Waals surface area contributed by atoms with Crippen molar-refractivity contribution >= 4 is 23.2 Å². The quantitative estimate of drug-likeness (QED) is 0.843. The molecule has 0 bridgehead atoms. The smallest absolute Gasteiger partial charge is 0.312 e. The van der Waals surface area contributed by atoms with Gasteiger partial charge in [0.2, 0.25) is 0 Å². The molecular weight excluding hydrogens is 345 g/mol. The van der Waals surface area contributed by atoms with Gasteiger partial charge in [-0.25, -0.2) is 0 Å². The molecule has 1 atom stereocenters. The Morgan fingerprint density at radius 1 is 1.42 bits per heavy atom. The first-order valence-electron chi connectivity index (χ1n) is 6.74. The van der Waals surface area contributed by atoms with E-state index >= 15 is 0 Å². The number of likely N-dealkylation sites (N-methyl/N-ethyl adjacent to an activating group) is 1. The third-order valence-corrected chi connectivity index (χ3v) is 3.66. The van der Waals surface area contributed by atoms with E-state index in [1.165, 1.54) is 37.1 Å². The maximum absolute atomic E-state index is 12.6. The van der Waals surface area contributed by atoms with Crippen molar-refractivity contribution in [1.82, 2.24) is 9.78 Å². The minimum Gasteiger partial charge on any atom is -0.312 e. The van der Waals surface area contributed by atoms with Crippen LogP contribution in [0.2, 0.25) is 5.02 Å². The highest BCUT2D eigenvalue weighted by molar-refractivity contribution is 6.31. The summed E-state index contributed by atoms with van der Waals surface area (Å²) in [5.74, 6) is -0.536. The monoisotopic (exact) mass is 356 g/mol. The number of rotatable bonds is 3. The number of carbonyl (C=O) groups is 1. The highest BCUT2D eigenvalue weighted by atomic mass is 35.5. The first-order valence-corrected chi connectivity index (χ1v) is 7.12. The minimum atomic E-state index is -4.58. The zero-order chi connectivity index (χ0) is 18.1. The lowest BCUT2D eigenvalue weighted by molar-refractivity contribution is -0.141. The molecule has 5 nitrogen and oxygen atoms in total. The average molecular weight is 357 g/mol. The second kappa shape index (κ2) is 6.53. The third-order valence-electron chi connectivity index (χ3n) is 3.43. The number of hydrogen-bond acceptors (Lipinski definition) is 3. The van der Waals surface area contributed by atoms with Crippen LogP contribution in [0.25, 0.3) is 0 Å². The molecule has 2 rings (SSSR count). The highest BCUT2D eigenvalue weighted by Crippen LogP contribution is 2.29. The van der Waals surface area contributed by atoms with Crippen LogP contribution in [0.15, 0.2) is 30.5 Å². The fourth-order valence-corrected chi connectivity index (χ4v) is 2.26. The number of alkyl halides is 3. The van der Waals surface area contributed by atoms with Gasteiger partial charge in [-0.3, -0.25) is 9.48 Å². The Hall–Kier alpha value is -2.53. The number of nitrogens with zero attached hydrogens (tertiary/aromatic N) is 4. The number of amides is 1. The second-order valence-corrected chi connectivity index (χ2v) is 5.46. The zero-order valence-corrected chi connectivity index (χ0v) is 13.4. The summed E-state index contributed by atoms with van der Waals surface area (Å²) in [7, 11) is 1.42. The zero-order valence-electron chi connectivity index (χ0n) is 12.7. The van der Waals surface area contributed by atoms with E-state index in [9.17, 15) is 18.0 Å². The molecule has 0 aliphatic heterocycles. The molecular formula is C15H12ClF3N4O. The Kier molecular flexibility index (Phi) is 4.85. The van der Waals surface area contributed by atoms with Crippen LogP contribution in [-0.2, 0) is 11.0 Å². The van der Waals surface area contributed by atoms with Gasteiger partial charge in [-0.15, -0.1) is 0 Å². The van der Waals surface area contributed by atoms with Gasteiger partial charge in [0.05, 0.1) is 11.3 Å². The van der Waals surface area contributed by atoms with Crippen molar-refractivity contribution in [3.05, 3.63) is 46.7 Å². The van der Waals surface area contributed by atoms with E-state index in [1.54, 1.807) is 0 Å². The first-order chi connectivity index (χ1) is 11.1. The van der Waals surface area contributed by atoms with Gasteiger partial charge in [0.15, 0.2) is 5.69 Å². The maximum Gasteiger partial charge on any atom is 0.435 e. The Morgan fingerprint density at radius 3 is 2.62 bits per heavy atom. The van der Waals surface area contributed by atoms with E-state index in [0.717, 1.165) is 16.9 Å². The predicted octanol–water partition coefficient (Wildman–Crippen LogP) is 3.65. The van der Waals surface area contributed by atoms with E-state index in [-0.39, 0.29) is 11.3 Å². The lowest BCUT2D eigenvalue weighted by Gasteiger charge is -2.22. The molecule has 1 aromatic carbocycles. The van der Waals surface area contributed by atoms with Gasteiger partial charge in [-0.2, -0.15) is 23.5 Å². The van der Waals surface area contributed by atoms with Gasteiger partial charge >= 0.3 is 6.18 Å². The first kappa shape index (κ1) is 17.8. The van der Waals surface area contributed by atoms with Crippen LogP contribution >= 0.6 is 11.6 Å². The predicted molar refractivity (Wildman–Crippen MR) is 81.5 cm³/mol. The SMILES string of the molecule is CC(C(=O)N(C)c1cc(Cl)ccc1C#N)n1ccc(C(F)(F)F)n1. The summed E-state index contributed by atoms with van der Waals surface area (Å²) >= 11 is 5.88. The van der Waals surface area contributed by atoms with Crippen LogP contribution in [0.3, 0.4) is 0 Å². The molecule has 0 spiro atoms. The average Bonchev–Trinajstić information content (AvgIpc) is 3.02. The molecule has 0 fully saturated rings. The fourth-order valence-electron chi connectivity index (χ4n) is 2.09. The summed E-state index contributed by atoms with van der Waals surface area (Å²) < 4.78 is 38.8. The van der Waals surface area contributed by atoms with Crippen LogP contribution in [0.1, 0.15) is 24.2 Å². The second-order valence-electron chi connectivity index (χ2n) is 5.03. The van der Waals surface area contributed by atoms with Gasteiger partial charge in [0, 0.05) is 18.3 Å². The largest absolute Gasteiger partial charge is 0.435 e. The number of benzene rings is 1. The number of halogens is 4. The maximum atomic E-state index is 12.6.